The first-order chi connectivity index (χ1) is 16.3. The van der Waals surface area contributed by atoms with E-state index in [0.29, 0.717) is 46.1 Å². The van der Waals surface area contributed by atoms with E-state index < -0.39 is 12.0 Å². The molecule has 34 heavy (non-hydrogen) atoms. The number of hydrogen-bond donors (Lipinski definition) is 0. The van der Waals surface area contributed by atoms with Gasteiger partial charge in [-0.05, 0) is 66.3 Å². The van der Waals surface area contributed by atoms with Gasteiger partial charge in [0.05, 0.1) is 42.7 Å². The van der Waals surface area contributed by atoms with Crippen molar-refractivity contribution in [2.45, 2.75) is 19.9 Å². The molecule has 0 N–H and O–H groups in total. The van der Waals surface area contributed by atoms with Crippen LogP contribution in [0.5, 0.6) is 11.5 Å². The van der Waals surface area contributed by atoms with Gasteiger partial charge in [0.2, 0.25) is 0 Å². The lowest BCUT2D eigenvalue weighted by Crippen LogP contribution is -2.40. The molecule has 0 saturated carbocycles. The number of nitrogens with zero attached hydrogens (tertiary/aromatic N) is 2. The number of carbonyl (C=O) groups is 1. The standard InChI is InChI=1S/C23H20BrIN2O6S/c1-5-32-22(29)19-11(2)26-23-27(21(28)17(34-23)8-12-6-7-18(25)33-12)20(19)13-9-15(30-3)16(31-4)10-14(13)24/h6-10,20H,5H2,1-4H3/b17-8-/t20-/m1/s1. The molecule has 0 fully saturated rings. The molecule has 1 aliphatic rings. The molecular formula is C23H20BrIN2O6S. The number of benzene rings is 1. The van der Waals surface area contributed by atoms with Gasteiger partial charge in [-0.3, -0.25) is 9.36 Å². The summed E-state index contributed by atoms with van der Waals surface area (Å²) in [6.07, 6.45) is 1.68. The zero-order valence-corrected chi connectivity index (χ0v) is 23.2. The number of methoxy groups -OCH3 is 2. The predicted octanol–water partition coefficient (Wildman–Crippen LogP) is 3.78. The SMILES string of the molecule is CCOC(=O)C1=C(C)N=c2s/c(=C\c3ccc(I)o3)c(=O)n2[C@@H]1c1cc(OC)c(OC)cc1Br. The summed E-state index contributed by atoms with van der Waals surface area (Å²) < 4.78 is 25.1. The van der Waals surface area contributed by atoms with Gasteiger partial charge in [0.25, 0.3) is 5.56 Å². The average Bonchev–Trinajstić information content (AvgIpc) is 3.35. The number of hydrogen-bond acceptors (Lipinski definition) is 8. The van der Waals surface area contributed by atoms with E-state index in [2.05, 4.69) is 43.5 Å². The van der Waals surface area contributed by atoms with Gasteiger partial charge in [-0.25, -0.2) is 9.79 Å². The van der Waals surface area contributed by atoms with E-state index in [0.717, 1.165) is 0 Å². The van der Waals surface area contributed by atoms with Gasteiger partial charge in [0.15, 0.2) is 20.1 Å². The van der Waals surface area contributed by atoms with Gasteiger partial charge < -0.3 is 18.6 Å². The van der Waals surface area contributed by atoms with Crippen LogP contribution in [0.15, 0.2) is 54.2 Å². The van der Waals surface area contributed by atoms with Gasteiger partial charge in [-0.15, -0.1) is 0 Å². The second-order valence-electron chi connectivity index (χ2n) is 7.17. The van der Waals surface area contributed by atoms with Crippen molar-refractivity contribution in [2.75, 3.05) is 20.8 Å². The number of aromatic nitrogens is 1. The van der Waals surface area contributed by atoms with Gasteiger partial charge >= 0.3 is 5.97 Å². The minimum atomic E-state index is -0.789. The van der Waals surface area contributed by atoms with E-state index >= 15 is 0 Å². The number of fused-ring (bicyclic) bond motifs is 1. The molecule has 0 bridgehead atoms. The number of carbonyl (C=O) groups excluding carboxylic acids is 1. The third-order valence-corrected chi connectivity index (χ3v) is 7.43. The lowest BCUT2D eigenvalue weighted by atomic mass is 9.95. The van der Waals surface area contributed by atoms with Crippen LogP contribution in [0.4, 0.5) is 0 Å². The maximum atomic E-state index is 13.6. The highest BCUT2D eigenvalue weighted by Crippen LogP contribution is 2.40. The van der Waals surface area contributed by atoms with Gasteiger partial charge in [0.1, 0.15) is 5.76 Å². The van der Waals surface area contributed by atoms with Crippen molar-refractivity contribution in [3.63, 3.8) is 0 Å². The Morgan fingerprint density at radius 3 is 2.62 bits per heavy atom. The second-order valence-corrected chi connectivity index (χ2v) is 10.1. The van der Waals surface area contributed by atoms with Crippen LogP contribution in [0.2, 0.25) is 0 Å². The average molecular weight is 659 g/mol. The normalized spacial score (nSPS) is 15.7. The number of esters is 1. The first-order valence-electron chi connectivity index (χ1n) is 10.2. The van der Waals surface area contributed by atoms with Crippen molar-refractivity contribution in [3.8, 4) is 11.5 Å². The van der Waals surface area contributed by atoms with Crippen molar-refractivity contribution in [2.24, 2.45) is 4.99 Å². The molecule has 3 aromatic rings. The summed E-state index contributed by atoms with van der Waals surface area (Å²) in [5, 5.41) is 0. The molecule has 8 nitrogen and oxygen atoms in total. The van der Waals surface area contributed by atoms with Crippen molar-refractivity contribution >= 4 is 61.9 Å². The molecule has 3 heterocycles. The van der Waals surface area contributed by atoms with Gasteiger partial charge in [-0.2, -0.15) is 0 Å². The van der Waals surface area contributed by atoms with Crippen LogP contribution >= 0.6 is 49.9 Å². The molecular weight excluding hydrogens is 639 g/mol. The summed E-state index contributed by atoms with van der Waals surface area (Å²) in [6.45, 7) is 3.66. The highest BCUT2D eigenvalue weighted by Gasteiger charge is 2.35. The number of halogens is 2. The van der Waals surface area contributed by atoms with E-state index in [1.807, 2.05) is 6.07 Å². The Morgan fingerprint density at radius 1 is 1.29 bits per heavy atom. The molecule has 1 atom stereocenters. The number of allylic oxidation sites excluding steroid dienone is 1. The number of rotatable bonds is 6. The number of furan rings is 1. The molecule has 0 saturated heterocycles. The van der Waals surface area contributed by atoms with Crippen LogP contribution in [0.3, 0.4) is 0 Å². The quantitative estimate of drug-likeness (QED) is 0.296. The van der Waals surface area contributed by atoms with Gasteiger partial charge in [0, 0.05) is 10.5 Å². The second kappa shape index (κ2) is 10.1. The molecule has 2 aromatic heterocycles. The fraction of sp³-hybridized carbons (Fsp3) is 0.261. The first kappa shape index (κ1) is 24.7. The van der Waals surface area contributed by atoms with E-state index in [1.165, 1.54) is 30.1 Å². The van der Waals surface area contributed by atoms with Gasteiger partial charge in [-0.1, -0.05) is 27.3 Å². The molecule has 0 aliphatic carbocycles. The first-order valence-corrected chi connectivity index (χ1v) is 12.8. The molecule has 0 unspecified atom stereocenters. The number of thiazole rings is 1. The van der Waals surface area contributed by atoms with Crippen LogP contribution in [-0.2, 0) is 9.53 Å². The minimum absolute atomic E-state index is 0.191. The Balaban J connectivity index is 2.02. The maximum Gasteiger partial charge on any atom is 0.338 e. The minimum Gasteiger partial charge on any atom is -0.493 e. The van der Waals surface area contributed by atoms with Crippen LogP contribution in [0.25, 0.3) is 6.08 Å². The van der Waals surface area contributed by atoms with Crippen LogP contribution < -0.4 is 24.4 Å². The predicted molar refractivity (Wildman–Crippen MR) is 139 cm³/mol. The molecule has 0 radical (unpaired) electrons. The third-order valence-electron chi connectivity index (χ3n) is 5.18. The molecule has 4 rings (SSSR count). The molecule has 0 amide bonds. The summed E-state index contributed by atoms with van der Waals surface area (Å²) in [4.78, 5) is 31.7. The van der Waals surface area contributed by atoms with Crippen LogP contribution in [-0.4, -0.2) is 31.4 Å². The summed E-state index contributed by atoms with van der Waals surface area (Å²) >= 11 is 6.88. The van der Waals surface area contributed by atoms with Crippen molar-refractivity contribution in [1.29, 1.82) is 0 Å². The van der Waals surface area contributed by atoms with E-state index in [4.69, 9.17) is 18.6 Å². The zero-order chi connectivity index (χ0) is 24.6. The summed E-state index contributed by atoms with van der Waals surface area (Å²) in [5.41, 5.74) is 1.10. The summed E-state index contributed by atoms with van der Waals surface area (Å²) in [5.74, 6) is 0.993. The summed E-state index contributed by atoms with van der Waals surface area (Å²) in [7, 11) is 3.07. The molecule has 178 valence electrons. The Labute approximate surface area is 220 Å². The Kier molecular flexibility index (Phi) is 7.33. The fourth-order valence-electron chi connectivity index (χ4n) is 3.70. The monoisotopic (exact) mass is 658 g/mol. The summed E-state index contributed by atoms with van der Waals surface area (Å²) in [6, 6.07) is 6.31. The topological polar surface area (TPSA) is 92.3 Å². The zero-order valence-electron chi connectivity index (χ0n) is 18.7. The Hall–Kier alpha value is -2.38. The highest BCUT2D eigenvalue weighted by atomic mass is 127. The fourth-order valence-corrected chi connectivity index (χ4v) is 5.70. The molecule has 1 aliphatic heterocycles. The smallest absolute Gasteiger partial charge is 0.338 e. The van der Waals surface area contributed by atoms with Crippen molar-refractivity contribution in [3.05, 3.63) is 74.8 Å². The Morgan fingerprint density at radius 2 is 2.00 bits per heavy atom. The Bertz CT molecular complexity index is 1490. The van der Waals surface area contributed by atoms with E-state index in [-0.39, 0.29) is 17.7 Å². The molecule has 11 heteroatoms. The van der Waals surface area contributed by atoms with Crippen molar-refractivity contribution in [1.82, 2.24) is 4.57 Å². The van der Waals surface area contributed by atoms with E-state index in [9.17, 15) is 9.59 Å². The molecule has 0 spiro atoms. The number of ether oxygens (including phenoxy) is 3. The largest absolute Gasteiger partial charge is 0.493 e. The maximum absolute atomic E-state index is 13.6. The highest BCUT2D eigenvalue weighted by molar-refractivity contribution is 14.1. The van der Waals surface area contributed by atoms with Crippen LogP contribution in [0.1, 0.15) is 31.2 Å². The molecule has 1 aromatic carbocycles. The lowest BCUT2D eigenvalue weighted by Gasteiger charge is -2.26. The third kappa shape index (κ3) is 4.48. The van der Waals surface area contributed by atoms with Crippen molar-refractivity contribution < 1.29 is 23.4 Å². The van der Waals surface area contributed by atoms with E-state index in [1.54, 1.807) is 38.1 Å². The lowest BCUT2D eigenvalue weighted by molar-refractivity contribution is -0.139. The van der Waals surface area contributed by atoms with Crippen LogP contribution in [0, 0.1) is 3.77 Å².